The molecule has 0 radical (unpaired) electrons. The van der Waals surface area contributed by atoms with E-state index in [-0.39, 0.29) is 12.3 Å². The first-order chi connectivity index (χ1) is 27.2. The van der Waals surface area contributed by atoms with E-state index in [2.05, 4.69) is 63.8 Å². The first kappa shape index (κ1) is 37.1. The second-order valence-electron chi connectivity index (χ2n) is 14.6. The Balaban J connectivity index is 1.03. The maximum absolute atomic E-state index is 13.5. The molecule has 3 N–H and O–H groups in total. The quantitative estimate of drug-likeness (QED) is 0.105. The van der Waals surface area contributed by atoms with E-state index in [9.17, 15) is 18.7 Å². The van der Waals surface area contributed by atoms with Crippen molar-refractivity contribution in [2.24, 2.45) is 0 Å². The number of carbonyl (C=O) groups is 1. The lowest BCUT2D eigenvalue weighted by molar-refractivity contribution is -0.142. The standard InChI is InChI=1S/C44H44F2N6O4/c1-27-33(11-6-13-35(27)42-50-37-24-39(56-44(45)46)30(22-40(37)55-42)26-52-20-8-15-38(52)43(53)54)34-12-7-14-36(28(34)2)48-31-9-5-10-32(23-31)49-41-21-29(16-17-47-41)25-51-18-3-4-19-51/h5-7,9-14,16-17,21-24,38,44,48H,3-4,8,15,18-20,25-26H2,1-2H3,(H,47,49)(H,53,54)/t38-/m0/s1. The van der Waals surface area contributed by atoms with Crippen molar-refractivity contribution in [2.45, 2.75) is 65.3 Å². The molecule has 0 aliphatic carbocycles. The highest BCUT2D eigenvalue weighted by atomic mass is 19.3. The summed E-state index contributed by atoms with van der Waals surface area (Å²) in [6.45, 7) is 4.95. The summed E-state index contributed by atoms with van der Waals surface area (Å²) in [5.41, 5.74) is 10.0. The SMILES string of the molecule is Cc1c(Nc2cccc(Nc3cc(CN4CCCC4)ccn3)c2)cccc1-c1cccc(-c2nc3cc(OC(F)F)c(CN4CCC[C@H]4C(=O)O)cc3o2)c1C. The van der Waals surface area contributed by atoms with Crippen LogP contribution in [-0.4, -0.2) is 63.1 Å². The third-order valence-corrected chi connectivity index (χ3v) is 10.8. The molecule has 10 nitrogen and oxygen atoms in total. The summed E-state index contributed by atoms with van der Waals surface area (Å²) < 4.78 is 38.2. The predicted octanol–water partition coefficient (Wildman–Crippen LogP) is 9.91. The normalized spacial score (nSPS) is 16.2. The van der Waals surface area contributed by atoms with Gasteiger partial charge in [-0.15, -0.1) is 0 Å². The van der Waals surface area contributed by atoms with Crippen LogP contribution in [0, 0.1) is 13.8 Å². The van der Waals surface area contributed by atoms with Crippen LogP contribution in [0.4, 0.5) is 31.7 Å². The minimum atomic E-state index is -3.05. The summed E-state index contributed by atoms with van der Waals surface area (Å²) in [4.78, 5) is 25.3. The number of benzene rings is 4. The molecule has 1 atom stereocenters. The van der Waals surface area contributed by atoms with E-state index in [1.54, 1.807) is 11.0 Å². The highest BCUT2D eigenvalue weighted by molar-refractivity contribution is 5.84. The van der Waals surface area contributed by atoms with Crippen LogP contribution in [0.15, 0.2) is 95.5 Å². The number of pyridine rings is 1. The van der Waals surface area contributed by atoms with Gasteiger partial charge in [0.2, 0.25) is 5.89 Å². The first-order valence-electron chi connectivity index (χ1n) is 19.0. The molecule has 2 aromatic heterocycles. The van der Waals surface area contributed by atoms with Crippen LogP contribution >= 0.6 is 0 Å². The van der Waals surface area contributed by atoms with Gasteiger partial charge in [-0.3, -0.25) is 14.6 Å². The second kappa shape index (κ2) is 16.1. The van der Waals surface area contributed by atoms with Crippen LogP contribution in [0.3, 0.4) is 0 Å². The summed E-state index contributed by atoms with van der Waals surface area (Å²) in [6.07, 6.45) is 5.59. The maximum atomic E-state index is 13.5. The molecule has 2 fully saturated rings. The molecule has 6 aromatic rings. The Kier molecular flexibility index (Phi) is 10.7. The number of hydrogen-bond donors (Lipinski definition) is 3. The number of nitrogens with zero attached hydrogens (tertiary/aromatic N) is 4. The highest BCUT2D eigenvalue weighted by Crippen LogP contribution is 2.38. The van der Waals surface area contributed by atoms with Crippen LogP contribution in [0.25, 0.3) is 33.7 Å². The van der Waals surface area contributed by atoms with Crippen molar-refractivity contribution in [1.82, 2.24) is 19.8 Å². The molecule has 0 unspecified atom stereocenters. The molecule has 2 aliphatic heterocycles. The van der Waals surface area contributed by atoms with Crippen molar-refractivity contribution in [3.05, 3.63) is 113 Å². The summed E-state index contributed by atoms with van der Waals surface area (Å²) >= 11 is 0. The molecule has 4 heterocycles. The number of aromatic nitrogens is 2. The van der Waals surface area contributed by atoms with Gasteiger partial charge in [-0.2, -0.15) is 8.78 Å². The number of ether oxygens (including phenoxy) is 1. The summed E-state index contributed by atoms with van der Waals surface area (Å²) in [5, 5.41) is 16.8. The molecule has 0 bridgehead atoms. The number of likely N-dealkylation sites (tertiary alicyclic amines) is 2. The topological polar surface area (TPSA) is 116 Å². The number of nitrogens with one attached hydrogen (secondary N) is 2. The lowest BCUT2D eigenvalue weighted by atomic mass is 9.93. The largest absolute Gasteiger partial charge is 0.480 e. The fraction of sp³-hybridized carbons (Fsp3) is 0.295. The van der Waals surface area contributed by atoms with Crippen LogP contribution in [0.1, 0.15) is 47.9 Å². The number of hydrogen-bond acceptors (Lipinski definition) is 9. The number of oxazole rings is 1. The second-order valence-corrected chi connectivity index (χ2v) is 14.6. The summed E-state index contributed by atoms with van der Waals surface area (Å²) in [7, 11) is 0. The van der Waals surface area contributed by atoms with Crippen molar-refractivity contribution < 1.29 is 27.8 Å². The Hall–Kier alpha value is -5.85. The molecule has 288 valence electrons. The van der Waals surface area contributed by atoms with E-state index in [4.69, 9.17) is 14.1 Å². The van der Waals surface area contributed by atoms with Crippen molar-refractivity contribution >= 4 is 39.9 Å². The Morgan fingerprint density at radius 1 is 0.875 bits per heavy atom. The van der Waals surface area contributed by atoms with E-state index in [1.807, 2.05) is 49.5 Å². The molecule has 8 rings (SSSR count). The average molecular weight is 759 g/mol. The average Bonchev–Trinajstić information content (AvgIpc) is 3.95. The third-order valence-electron chi connectivity index (χ3n) is 10.8. The van der Waals surface area contributed by atoms with Gasteiger partial charge in [0.1, 0.15) is 23.1 Å². The number of rotatable bonds is 13. The monoisotopic (exact) mass is 758 g/mol. The van der Waals surface area contributed by atoms with Crippen LogP contribution < -0.4 is 15.4 Å². The molecule has 0 amide bonds. The fourth-order valence-corrected chi connectivity index (χ4v) is 8.00. The maximum Gasteiger partial charge on any atom is 0.387 e. The molecule has 0 spiro atoms. The lowest BCUT2D eigenvalue weighted by Crippen LogP contribution is -2.35. The highest BCUT2D eigenvalue weighted by Gasteiger charge is 2.31. The van der Waals surface area contributed by atoms with Crippen molar-refractivity contribution in [3.63, 3.8) is 0 Å². The third kappa shape index (κ3) is 8.07. The van der Waals surface area contributed by atoms with Crippen LogP contribution in [0.5, 0.6) is 5.75 Å². The molecule has 12 heteroatoms. The number of anilines is 4. The van der Waals surface area contributed by atoms with Gasteiger partial charge >= 0.3 is 12.6 Å². The molecule has 2 aliphatic rings. The van der Waals surface area contributed by atoms with Gasteiger partial charge in [0.05, 0.1) is 0 Å². The van der Waals surface area contributed by atoms with E-state index in [0.29, 0.717) is 41.9 Å². The number of aliphatic carboxylic acids is 1. The minimum Gasteiger partial charge on any atom is -0.480 e. The number of carboxylic acid groups (broad SMARTS) is 1. The zero-order valence-corrected chi connectivity index (χ0v) is 31.4. The van der Waals surface area contributed by atoms with E-state index >= 15 is 0 Å². The predicted molar refractivity (Wildman–Crippen MR) is 214 cm³/mol. The van der Waals surface area contributed by atoms with E-state index < -0.39 is 18.6 Å². The number of carboxylic acids is 1. The molecular formula is C44H44F2N6O4. The number of halogens is 2. The molecule has 56 heavy (non-hydrogen) atoms. The summed E-state index contributed by atoms with van der Waals surface area (Å²) in [5.74, 6) is 0.174. The fourth-order valence-electron chi connectivity index (χ4n) is 8.00. The first-order valence-corrected chi connectivity index (χ1v) is 19.0. The van der Waals surface area contributed by atoms with Crippen LogP contribution in [-0.2, 0) is 17.9 Å². The molecule has 0 saturated carbocycles. The van der Waals surface area contributed by atoms with Gasteiger partial charge in [-0.1, -0.05) is 30.3 Å². The smallest absolute Gasteiger partial charge is 0.387 e. The van der Waals surface area contributed by atoms with Crippen molar-refractivity contribution in [3.8, 4) is 28.3 Å². The minimum absolute atomic E-state index is 0.0473. The van der Waals surface area contributed by atoms with E-state index in [0.717, 1.165) is 70.3 Å². The number of alkyl halides is 2. The molecule has 2 saturated heterocycles. The van der Waals surface area contributed by atoms with Gasteiger partial charge in [-0.25, -0.2) is 9.97 Å². The van der Waals surface area contributed by atoms with Crippen molar-refractivity contribution in [2.75, 3.05) is 30.3 Å². The van der Waals surface area contributed by atoms with Gasteiger partial charge in [0, 0.05) is 53.5 Å². The Morgan fingerprint density at radius 3 is 2.39 bits per heavy atom. The molecule has 4 aromatic carbocycles. The Morgan fingerprint density at radius 2 is 1.61 bits per heavy atom. The molecular weight excluding hydrogens is 715 g/mol. The van der Waals surface area contributed by atoms with Gasteiger partial charge in [0.25, 0.3) is 0 Å². The zero-order chi connectivity index (χ0) is 38.8. The van der Waals surface area contributed by atoms with Gasteiger partial charge < -0.3 is 24.9 Å². The lowest BCUT2D eigenvalue weighted by Gasteiger charge is -2.22. The number of fused-ring (bicyclic) bond motifs is 1. The summed E-state index contributed by atoms with van der Waals surface area (Å²) in [6, 6.07) is 26.8. The van der Waals surface area contributed by atoms with Crippen molar-refractivity contribution in [1.29, 1.82) is 0 Å². The zero-order valence-electron chi connectivity index (χ0n) is 31.4. The van der Waals surface area contributed by atoms with Gasteiger partial charge in [-0.05, 0) is 136 Å². The van der Waals surface area contributed by atoms with E-state index in [1.165, 1.54) is 24.5 Å². The Labute approximate surface area is 324 Å². The Bertz CT molecular complexity index is 2380. The van der Waals surface area contributed by atoms with Crippen LogP contribution in [0.2, 0.25) is 0 Å². The van der Waals surface area contributed by atoms with Gasteiger partial charge in [0.15, 0.2) is 5.58 Å².